The van der Waals surface area contributed by atoms with Gasteiger partial charge in [0.1, 0.15) is 0 Å². The lowest BCUT2D eigenvalue weighted by atomic mass is 9.95. The van der Waals surface area contributed by atoms with Crippen molar-refractivity contribution < 1.29 is 27.9 Å². The largest absolute Gasteiger partial charge is 0.416 e. The van der Waals surface area contributed by atoms with Gasteiger partial charge >= 0.3 is 18.0 Å². The monoisotopic (exact) mass is 346 g/mol. The third-order valence-electron chi connectivity index (χ3n) is 3.86. The first-order valence-electron chi connectivity index (χ1n) is 7.44. The number of anilines is 1. The number of aryl methyl sites for hydroxylation is 1. The zero-order chi connectivity index (χ0) is 18.5. The van der Waals surface area contributed by atoms with Gasteiger partial charge in [-0.25, -0.2) is 0 Å². The average molecular weight is 346 g/mol. The van der Waals surface area contributed by atoms with Crippen molar-refractivity contribution in [2.75, 3.05) is 11.9 Å². The van der Waals surface area contributed by atoms with E-state index in [2.05, 4.69) is 10.6 Å². The Bertz CT molecular complexity index is 617. The quantitative estimate of drug-likeness (QED) is 0.717. The van der Waals surface area contributed by atoms with E-state index >= 15 is 0 Å². The van der Waals surface area contributed by atoms with Gasteiger partial charge in [0.15, 0.2) is 0 Å². The molecule has 0 fully saturated rings. The number of benzene rings is 1. The van der Waals surface area contributed by atoms with E-state index in [9.17, 15) is 22.8 Å². The van der Waals surface area contributed by atoms with Crippen LogP contribution < -0.4 is 10.6 Å². The summed E-state index contributed by atoms with van der Waals surface area (Å²) in [5, 5.41) is 13.8. The summed E-state index contributed by atoms with van der Waals surface area (Å²) in [6, 6.07) is 3.10. The topological polar surface area (TPSA) is 78.4 Å². The average Bonchev–Trinajstić information content (AvgIpc) is 2.46. The Morgan fingerprint density at radius 3 is 2.29 bits per heavy atom. The fourth-order valence-corrected chi connectivity index (χ4v) is 2.15. The van der Waals surface area contributed by atoms with Gasteiger partial charge in [-0.2, -0.15) is 13.2 Å². The number of carbonyl (C=O) groups is 2. The zero-order valence-corrected chi connectivity index (χ0v) is 13.8. The van der Waals surface area contributed by atoms with Gasteiger partial charge < -0.3 is 15.7 Å². The standard InChI is InChI=1S/C16H21F3N2O3/c1-4-15(3,7-8-22)21-14(24)13(23)20-11-5-6-12(10(2)9-11)16(17,18)19/h5-6,9,22H,4,7-8H2,1-3H3,(H,20,23)(H,21,24). The number of nitrogens with one attached hydrogen (secondary N) is 2. The van der Waals surface area contributed by atoms with E-state index in [-0.39, 0.29) is 24.3 Å². The highest BCUT2D eigenvalue weighted by molar-refractivity contribution is 6.39. The molecule has 24 heavy (non-hydrogen) atoms. The van der Waals surface area contributed by atoms with E-state index in [1.54, 1.807) is 13.8 Å². The number of aliphatic hydroxyl groups excluding tert-OH is 1. The first-order valence-corrected chi connectivity index (χ1v) is 7.44. The van der Waals surface area contributed by atoms with Crippen molar-refractivity contribution in [2.45, 2.75) is 45.3 Å². The third kappa shape index (κ3) is 5.23. The van der Waals surface area contributed by atoms with Crippen LogP contribution in [0.2, 0.25) is 0 Å². The molecule has 1 aromatic rings. The van der Waals surface area contributed by atoms with E-state index in [1.165, 1.54) is 6.92 Å². The summed E-state index contributed by atoms with van der Waals surface area (Å²) in [4.78, 5) is 23.8. The van der Waals surface area contributed by atoms with Crippen LogP contribution in [-0.4, -0.2) is 29.1 Å². The lowest BCUT2D eigenvalue weighted by molar-refractivity contribution is -0.138. The summed E-state index contributed by atoms with van der Waals surface area (Å²) in [5.74, 6) is -1.89. The Hall–Kier alpha value is -2.09. The first-order chi connectivity index (χ1) is 11.0. The van der Waals surface area contributed by atoms with Gasteiger partial charge in [0.05, 0.1) is 5.56 Å². The van der Waals surface area contributed by atoms with Crippen molar-refractivity contribution in [3.63, 3.8) is 0 Å². The Morgan fingerprint density at radius 1 is 1.21 bits per heavy atom. The highest BCUT2D eigenvalue weighted by atomic mass is 19.4. The van der Waals surface area contributed by atoms with Crippen molar-refractivity contribution in [1.29, 1.82) is 0 Å². The first kappa shape index (κ1) is 20.0. The van der Waals surface area contributed by atoms with Crippen molar-refractivity contribution in [3.8, 4) is 0 Å². The molecular formula is C16H21F3N2O3. The highest BCUT2D eigenvalue weighted by Crippen LogP contribution is 2.32. The summed E-state index contributed by atoms with van der Waals surface area (Å²) >= 11 is 0. The SMILES string of the molecule is CCC(C)(CCO)NC(=O)C(=O)Nc1ccc(C(F)(F)F)c(C)c1. The van der Waals surface area contributed by atoms with Gasteiger partial charge in [0, 0.05) is 17.8 Å². The molecule has 2 amide bonds. The highest BCUT2D eigenvalue weighted by Gasteiger charge is 2.32. The molecule has 0 radical (unpaired) electrons. The number of alkyl halides is 3. The lowest BCUT2D eigenvalue weighted by Gasteiger charge is -2.28. The molecule has 0 bridgehead atoms. The summed E-state index contributed by atoms with van der Waals surface area (Å²) in [5.41, 5.74) is -1.49. The van der Waals surface area contributed by atoms with Crippen LogP contribution in [0, 0.1) is 6.92 Å². The second-order valence-electron chi connectivity index (χ2n) is 5.82. The van der Waals surface area contributed by atoms with E-state index in [1.807, 2.05) is 0 Å². The predicted octanol–water partition coefficient (Wildman–Crippen LogP) is 2.62. The normalized spacial score (nSPS) is 14.0. The van der Waals surface area contributed by atoms with Crippen LogP contribution in [-0.2, 0) is 15.8 Å². The fourth-order valence-electron chi connectivity index (χ4n) is 2.15. The molecule has 0 spiro atoms. The van der Waals surface area contributed by atoms with Crippen LogP contribution in [0.4, 0.5) is 18.9 Å². The second kappa shape index (κ2) is 7.65. The maximum atomic E-state index is 12.7. The molecule has 0 saturated carbocycles. The minimum absolute atomic E-state index is 0.0561. The second-order valence-corrected chi connectivity index (χ2v) is 5.82. The fraction of sp³-hybridized carbons (Fsp3) is 0.500. The Labute approximate surface area is 138 Å². The zero-order valence-electron chi connectivity index (χ0n) is 13.8. The number of hydrogen-bond donors (Lipinski definition) is 3. The Kier molecular flexibility index (Phi) is 6.36. The molecule has 0 aliphatic carbocycles. The molecule has 1 atom stereocenters. The smallest absolute Gasteiger partial charge is 0.396 e. The molecule has 8 heteroatoms. The van der Waals surface area contributed by atoms with Crippen LogP contribution in [0.5, 0.6) is 0 Å². The third-order valence-corrected chi connectivity index (χ3v) is 3.86. The maximum Gasteiger partial charge on any atom is 0.416 e. The maximum absolute atomic E-state index is 12.7. The molecule has 1 unspecified atom stereocenters. The van der Waals surface area contributed by atoms with Crippen LogP contribution in [0.3, 0.4) is 0 Å². The van der Waals surface area contributed by atoms with Gasteiger partial charge in [-0.05, 0) is 50.5 Å². The van der Waals surface area contributed by atoms with Crippen LogP contribution in [0.15, 0.2) is 18.2 Å². The van der Waals surface area contributed by atoms with Crippen LogP contribution in [0.25, 0.3) is 0 Å². The summed E-state index contributed by atoms with van der Waals surface area (Å²) in [6.07, 6.45) is -3.69. The van der Waals surface area contributed by atoms with Gasteiger partial charge in [-0.15, -0.1) is 0 Å². The molecule has 1 rings (SSSR count). The molecule has 5 nitrogen and oxygen atoms in total. The molecule has 0 aliphatic heterocycles. The minimum atomic E-state index is -4.47. The van der Waals surface area contributed by atoms with E-state index < -0.39 is 29.1 Å². The van der Waals surface area contributed by atoms with Gasteiger partial charge in [-0.1, -0.05) is 6.92 Å². The summed E-state index contributed by atoms with van der Waals surface area (Å²) in [6.45, 7) is 4.61. The van der Waals surface area contributed by atoms with Gasteiger partial charge in [0.25, 0.3) is 0 Å². The molecular weight excluding hydrogens is 325 g/mol. The summed E-state index contributed by atoms with van der Waals surface area (Å²) in [7, 11) is 0. The number of rotatable bonds is 5. The van der Waals surface area contributed by atoms with Crippen molar-refractivity contribution in [3.05, 3.63) is 29.3 Å². The molecule has 0 aliphatic rings. The molecule has 0 aromatic heterocycles. The molecule has 3 N–H and O–H groups in total. The predicted molar refractivity (Wildman–Crippen MR) is 83.4 cm³/mol. The molecule has 134 valence electrons. The molecule has 1 aromatic carbocycles. The van der Waals surface area contributed by atoms with E-state index in [0.29, 0.717) is 6.42 Å². The number of hydrogen-bond acceptors (Lipinski definition) is 3. The van der Waals surface area contributed by atoms with Crippen molar-refractivity contribution in [2.24, 2.45) is 0 Å². The van der Waals surface area contributed by atoms with E-state index in [4.69, 9.17) is 5.11 Å². The number of aliphatic hydroxyl groups is 1. The van der Waals surface area contributed by atoms with E-state index in [0.717, 1.165) is 18.2 Å². The van der Waals surface area contributed by atoms with Crippen LogP contribution >= 0.6 is 0 Å². The van der Waals surface area contributed by atoms with Crippen molar-refractivity contribution in [1.82, 2.24) is 5.32 Å². The number of amides is 2. The Balaban J connectivity index is 2.81. The van der Waals surface area contributed by atoms with Gasteiger partial charge in [-0.3, -0.25) is 9.59 Å². The number of halogens is 3. The van der Waals surface area contributed by atoms with Crippen LogP contribution in [0.1, 0.15) is 37.8 Å². The van der Waals surface area contributed by atoms with Gasteiger partial charge in [0.2, 0.25) is 0 Å². The summed E-state index contributed by atoms with van der Waals surface area (Å²) < 4.78 is 38.1. The number of carbonyl (C=O) groups excluding carboxylic acids is 2. The van der Waals surface area contributed by atoms with Crippen molar-refractivity contribution >= 4 is 17.5 Å². The lowest BCUT2D eigenvalue weighted by Crippen LogP contribution is -2.50. The minimum Gasteiger partial charge on any atom is -0.396 e. The molecule has 0 heterocycles. The molecule has 0 saturated heterocycles. The Morgan fingerprint density at radius 2 is 1.83 bits per heavy atom.